The molecule has 0 aliphatic carbocycles. The first-order chi connectivity index (χ1) is 8.69. The summed E-state index contributed by atoms with van der Waals surface area (Å²) < 4.78 is 5.34. The minimum atomic E-state index is -0.0773. The monoisotopic (exact) mass is 267 g/mol. The number of thioether (sulfide) groups is 1. The quantitative estimate of drug-likeness (QED) is 0.901. The van der Waals surface area contributed by atoms with Crippen LogP contribution in [0.5, 0.6) is 5.75 Å². The summed E-state index contributed by atoms with van der Waals surface area (Å²) in [5.74, 6) is 0.852. The summed E-state index contributed by atoms with van der Waals surface area (Å²) in [5, 5.41) is 8.94. The van der Waals surface area contributed by atoms with Crippen molar-refractivity contribution in [2.24, 2.45) is 0 Å². The lowest BCUT2D eigenvalue weighted by Crippen LogP contribution is -2.32. The van der Waals surface area contributed by atoms with E-state index in [4.69, 9.17) is 9.84 Å². The number of para-hydroxylation sites is 1. The molecule has 1 aliphatic heterocycles. The lowest BCUT2D eigenvalue weighted by atomic mass is 10.1. The lowest BCUT2D eigenvalue weighted by Gasteiger charge is -2.24. The van der Waals surface area contributed by atoms with Crippen molar-refractivity contribution in [2.75, 3.05) is 20.3 Å². The minimum Gasteiger partial charge on any atom is -0.496 e. The molecular formula is C13H17NO3S. The van der Waals surface area contributed by atoms with E-state index in [9.17, 15) is 4.79 Å². The van der Waals surface area contributed by atoms with E-state index in [1.165, 1.54) is 0 Å². The average molecular weight is 267 g/mol. The maximum absolute atomic E-state index is 12.0. The Morgan fingerprint density at radius 3 is 2.83 bits per heavy atom. The molecule has 5 heteroatoms. The molecule has 1 aliphatic rings. The number of hydrogen-bond acceptors (Lipinski definition) is 4. The van der Waals surface area contributed by atoms with Crippen molar-refractivity contribution in [1.82, 2.24) is 4.90 Å². The number of ether oxygens (including phenoxy) is 1. The topological polar surface area (TPSA) is 49.8 Å². The van der Waals surface area contributed by atoms with Gasteiger partial charge in [0.25, 0.3) is 0 Å². The van der Waals surface area contributed by atoms with E-state index in [1.807, 2.05) is 31.2 Å². The molecule has 4 nitrogen and oxygen atoms in total. The van der Waals surface area contributed by atoms with Crippen LogP contribution in [0.2, 0.25) is 0 Å². The van der Waals surface area contributed by atoms with Crippen molar-refractivity contribution in [3.63, 3.8) is 0 Å². The van der Waals surface area contributed by atoms with Gasteiger partial charge in [-0.15, -0.1) is 11.8 Å². The molecule has 1 saturated heterocycles. The third-order valence-electron chi connectivity index (χ3n) is 2.99. The summed E-state index contributed by atoms with van der Waals surface area (Å²) in [6.45, 7) is 2.23. The number of benzene rings is 1. The minimum absolute atomic E-state index is 0.0231. The third-order valence-corrected chi connectivity index (χ3v) is 4.37. The fourth-order valence-corrected chi connectivity index (χ4v) is 3.46. The van der Waals surface area contributed by atoms with Crippen LogP contribution >= 0.6 is 11.8 Å². The van der Waals surface area contributed by atoms with Crippen LogP contribution in [0.1, 0.15) is 17.9 Å². The van der Waals surface area contributed by atoms with Crippen LogP contribution in [-0.4, -0.2) is 41.4 Å². The highest BCUT2D eigenvalue weighted by Crippen LogP contribution is 2.45. The van der Waals surface area contributed by atoms with E-state index < -0.39 is 0 Å². The molecule has 0 unspecified atom stereocenters. The smallest absolute Gasteiger partial charge is 0.236 e. The van der Waals surface area contributed by atoms with Crippen LogP contribution in [0.3, 0.4) is 0 Å². The number of methoxy groups -OCH3 is 1. The number of nitrogens with zero attached hydrogens (tertiary/aromatic N) is 1. The van der Waals surface area contributed by atoms with Gasteiger partial charge in [0.1, 0.15) is 11.1 Å². The van der Waals surface area contributed by atoms with Crippen LogP contribution < -0.4 is 4.74 Å². The molecule has 18 heavy (non-hydrogen) atoms. The summed E-state index contributed by atoms with van der Waals surface area (Å²) in [6, 6.07) is 7.69. The summed E-state index contributed by atoms with van der Waals surface area (Å²) in [5.41, 5.74) is 0.983. The molecule has 98 valence electrons. The molecular weight excluding hydrogens is 250 g/mol. The lowest BCUT2D eigenvalue weighted by molar-refractivity contribution is -0.130. The molecule has 1 aromatic carbocycles. The van der Waals surface area contributed by atoms with Crippen LogP contribution in [0.25, 0.3) is 0 Å². The second kappa shape index (κ2) is 5.63. The predicted molar refractivity (Wildman–Crippen MR) is 71.6 cm³/mol. The Morgan fingerprint density at radius 2 is 2.17 bits per heavy atom. The standard InChI is InChI=1S/C13H17NO3S/c1-9-12(16)14(7-8-15)13(18-9)10-5-3-4-6-11(10)17-2/h3-6,9,13,15H,7-8H2,1-2H3/t9-,13-/m1/s1. The number of aliphatic hydroxyl groups is 1. The van der Waals surface area contributed by atoms with Gasteiger partial charge in [-0.25, -0.2) is 0 Å². The zero-order chi connectivity index (χ0) is 13.1. The van der Waals surface area contributed by atoms with Gasteiger partial charge in [-0.2, -0.15) is 0 Å². The number of hydrogen-bond donors (Lipinski definition) is 1. The first-order valence-corrected chi connectivity index (χ1v) is 6.83. The summed E-state index contributed by atoms with van der Waals surface area (Å²) >= 11 is 1.59. The number of carbonyl (C=O) groups excluding carboxylic acids is 1. The first-order valence-electron chi connectivity index (χ1n) is 5.88. The Bertz CT molecular complexity index is 438. The Hall–Kier alpha value is -1.20. The molecule has 1 amide bonds. The molecule has 1 N–H and O–H groups in total. The van der Waals surface area contributed by atoms with Crippen molar-refractivity contribution < 1.29 is 14.6 Å². The normalized spacial score (nSPS) is 23.5. The predicted octanol–water partition coefficient (Wildman–Crippen LogP) is 1.65. The van der Waals surface area contributed by atoms with Gasteiger partial charge in [-0.3, -0.25) is 4.79 Å². The molecule has 0 spiro atoms. The van der Waals surface area contributed by atoms with Gasteiger partial charge < -0.3 is 14.7 Å². The molecule has 1 aromatic rings. The van der Waals surface area contributed by atoms with Crippen molar-refractivity contribution in [3.8, 4) is 5.75 Å². The number of aliphatic hydroxyl groups excluding tert-OH is 1. The second-order valence-electron chi connectivity index (χ2n) is 4.13. The fourth-order valence-electron chi connectivity index (χ4n) is 2.12. The first kappa shape index (κ1) is 13.2. The largest absolute Gasteiger partial charge is 0.496 e. The molecule has 1 heterocycles. The van der Waals surface area contributed by atoms with E-state index in [0.717, 1.165) is 11.3 Å². The number of rotatable bonds is 4. The maximum atomic E-state index is 12.0. The van der Waals surface area contributed by atoms with E-state index in [-0.39, 0.29) is 23.1 Å². The Morgan fingerprint density at radius 1 is 1.44 bits per heavy atom. The van der Waals surface area contributed by atoms with E-state index in [0.29, 0.717) is 6.54 Å². The van der Waals surface area contributed by atoms with E-state index in [1.54, 1.807) is 23.8 Å². The van der Waals surface area contributed by atoms with Crippen molar-refractivity contribution in [2.45, 2.75) is 17.5 Å². The SMILES string of the molecule is COc1ccccc1[C@H]1S[C@H](C)C(=O)N1CCO. The Kier molecular flexibility index (Phi) is 4.14. The van der Waals surface area contributed by atoms with E-state index >= 15 is 0 Å². The van der Waals surface area contributed by atoms with Gasteiger partial charge in [0.15, 0.2) is 0 Å². The van der Waals surface area contributed by atoms with Crippen LogP contribution in [0.4, 0.5) is 0 Å². The van der Waals surface area contributed by atoms with Gasteiger partial charge in [0.05, 0.1) is 19.0 Å². The molecule has 2 rings (SSSR count). The maximum Gasteiger partial charge on any atom is 0.236 e. The van der Waals surface area contributed by atoms with Gasteiger partial charge >= 0.3 is 0 Å². The summed E-state index contributed by atoms with van der Waals surface area (Å²) in [4.78, 5) is 13.7. The summed E-state index contributed by atoms with van der Waals surface area (Å²) in [7, 11) is 1.63. The molecule has 1 fully saturated rings. The highest BCUT2D eigenvalue weighted by atomic mass is 32.2. The zero-order valence-corrected chi connectivity index (χ0v) is 11.3. The Labute approximate surface area is 111 Å². The number of carbonyl (C=O) groups is 1. The fraction of sp³-hybridized carbons (Fsp3) is 0.462. The zero-order valence-electron chi connectivity index (χ0n) is 10.5. The van der Waals surface area contributed by atoms with Crippen LogP contribution in [0, 0.1) is 0 Å². The highest BCUT2D eigenvalue weighted by Gasteiger charge is 2.39. The van der Waals surface area contributed by atoms with Crippen LogP contribution in [0.15, 0.2) is 24.3 Å². The Balaban J connectivity index is 2.33. The van der Waals surface area contributed by atoms with Crippen molar-refractivity contribution >= 4 is 17.7 Å². The van der Waals surface area contributed by atoms with Gasteiger partial charge in [-0.1, -0.05) is 18.2 Å². The summed E-state index contributed by atoms with van der Waals surface area (Å²) in [6.07, 6.45) is 0. The number of β-amino-alcohol motifs (C(OH)–C–C–N with tert-alkyl or cyclic N) is 1. The third kappa shape index (κ3) is 2.33. The van der Waals surface area contributed by atoms with Gasteiger partial charge in [0.2, 0.25) is 5.91 Å². The average Bonchev–Trinajstić information content (AvgIpc) is 2.67. The van der Waals surface area contributed by atoms with E-state index in [2.05, 4.69) is 0 Å². The van der Waals surface area contributed by atoms with Gasteiger partial charge in [-0.05, 0) is 13.0 Å². The highest BCUT2D eigenvalue weighted by molar-refractivity contribution is 8.01. The molecule has 0 saturated carbocycles. The molecule has 2 atom stereocenters. The molecule has 0 aromatic heterocycles. The van der Waals surface area contributed by atoms with Crippen LogP contribution in [-0.2, 0) is 4.79 Å². The van der Waals surface area contributed by atoms with Crippen molar-refractivity contribution in [1.29, 1.82) is 0 Å². The second-order valence-corrected chi connectivity index (χ2v) is 5.55. The number of amides is 1. The van der Waals surface area contributed by atoms with Gasteiger partial charge in [0, 0.05) is 12.1 Å². The molecule has 0 bridgehead atoms. The van der Waals surface area contributed by atoms with Crippen molar-refractivity contribution in [3.05, 3.63) is 29.8 Å². The molecule has 0 radical (unpaired) electrons.